The van der Waals surface area contributed by atoms with Crippen LogP contribution in [0, 0.1) is 0 Å². The molecular weight excluding hydrogens is 238 g/mol. The van der Waals surface area contributed by atoms with Gasteiger partial charge in [-0.25, -0.2) is 9.97 Å². The van der Waals surface area contributed by atoms with Crippen molar-refractivity contribution in [3.8, 4) is 0 Å². The summed E-state index contributed by atoms with van der Waals surface area (Å²) in [4.78, 5) is 12.5. The van der Waals surface area contributed by atoms with Crippen LogP contribution in [0.25, 0.3) is 11.0 Å². The Kier molecular flexibility index (Phi) is 2.87. The maximum absolute atomic E-state index is 6.00. The normalized spacial score (nSPS) is 11.0. The number of pyridine rings is 1. The highest BCUT2D eigenvalue weighted by Crippen LogP contribution is 2.25. The standard InChI is InChI=1S/C14H15N5/c1-2-19-8-11(7-10-3-5-16-6-4-10)12-13(15)17-9-18-14(12)19/h3-6,8-9H,2,7H2,1H3,(H2,15,17,18). The highest BCUT2D eigenvalue weighted by molar-refractivity contribution is 5.90. The van der Waals surface area contributed by atoms with Gasteiger partial charge in [-0.2, -0.15) is 0 Å². The molecule has 0 spiro atoms. The van der Waals surface area contributed by atoms with Crippen molar-refractivity contribution in [2.24, 2.45) is 0 Å². The van der Waals surface area contributed by atoms with Gasteiger partial charge in [0, 0.05) is 25.1 Å². The van der Waals surface area contributed by atoms with Gasteiger partial charge in [0.2, 0.25) is 0 Å². The van der Waals surface area contributed by atoms with E-state index >= 15 is 0 Å². The molecule has 0 aliphatic carbocycles. The number of anilines is 1. The Morgan fingerprint density at radius 1 is 1.21 bits per heavy atom. The third-order valence-corrected chi connectivity index (χ3v) is 3.25. The van der Waals surface area contributed by atoms with Gasteiger partial charge in [0.1, 0.15) is 17.8 Å². The number of aromatic nitrogens is 4. The van der Waals surface area contributed by atoms with Crippen molar-refractivity contribution >= 4 is 16.9 Å². The second kappa shape index (κ2) is 4.68. The topological polar surface area (TPSA) is 69.6 Å². The third kappa shape index (κ3) is 2.03. The van der Waals surface area contributed by atoms with Gasteiger partial charge in [-0.15, -0.1) is 0 Å². The molecule has 3 heterocycles. The van der Waals surface area contributed by atoms with Crippen molar-refractivity contribution in [2.75, 3.05) is 5.73 Å². The molecule has 0 saturated carbocycles. The summed E-state index contributed by atoms with van der Waals surface area (Å²) >= 11 is 0. The van der Waals surface area contributed by atoms with E-state index in [9.17, 15) is 0 Å². The lowest BCUT2D eigenvalue weighted by atomic mass is 10.1. The van der Waals surface area contributed by atoms with Gasteiger partial charge in [0.05, 0.1) is 5.39 Å². The summed E-state index contributed by atoms with van der Waals surface area (Å²) in [5, 5.41) is 0.959. The maximum Gasteiger partial charge on any atom is 0.145 e. The van der Waals surface area contributed by atoms with Crippen LogP contribution in [-0.4, -0.2) is 19.5 Å². The summed E-state index contributed by atoms with van der Waals surface area (Å²) in [6, 6.07) is 4.02. The lowest BCUT2D eigenvalue weighted by Crippen LogP contribution is -1.96. The number of nitrogens with zero attached hydrogens (tertiary/aromatic N) is 4. The Morgan fingerprint density at radius 3 is 2.74 bits per heavy atom. The van der Waals surface area contributed by atoms with Crippen molar-refractivity contribution in [2.45, 2.75) is 19.9 Å². The zero-order chi connectivity index (χ0) is 13.2. The fraction of sp³-hybridized carbons (Fsp3) is 0.214. The second-order valence-electron chi connectivity index (χ2n) is 4.43. The molecule has 0 amide bonds. The Morgan fingerprint density at radius 2 is 2.00 bits per heavy atom. The van der Waals surface area contributed by atoms with Crippen molar-refractivity contribution in [3.63, 3.8) is 0 Å². The van der Waals surface area contributed by atoms with E-state index in [-0.39, 0.29) is 0 Å². The zero-order valence-electron chi connectivity index (χ0n) is 10.7. The summed E-state index contributed by atoms with van der Waals surface area (Å²) in [6.45, 7) is 2.96. The first kappa shape index (κ1) is 11.6. The zero-order valence-corrected chi connectivity index (χ0v) is 10.7. The number of rotatable bonds is 3. The van der Waals surface area contributed by atoms with E-state index in [4.69, 9.17) is 5.73 Å². The number of aryl methyl sites for hydroxylation is 1. The molecule has 0 aliphatic rings. The largest absolute Gasteiger partial charge is 0.383 e. The van der Waals surface area contributed by atoms with E-state index in [1.54, 1.807) is 12.4 Å². The summed E-state index contributed by atoms with van der Waals surface area (Å²) in [5.74, 6) is 0.543. The monoisotopic (exact) mass is 253 g/mol. The number of fused-ring (bicyclic) bond motifs is 1. The molecule has 0 unspecified atom stereocenters. The summed E-state index contributed by atoms with van der Waals surface area (Å²) in [6.07, 6.45) is 8.03. The molecule has 0 aromatic carbocycles. The molecule has 2 N–H and O–H groups in total. The van der Waals surface area contributed by atoms with E-state index in [1.165, 1.54) is 11.9 Å². The fourth-order valence-electron chi connectivity index (χ4n) is 2.32. The molecule has 96 valence electrons. The van der Waals surface area contributed by atoms with Crippen molar-refractivity contribution < 1.29 is 0 Å². The van der Waals surface area contributed by atoms with Crippen LogP contribution in [0.4, 0.5) is 5.82 Å². The van der Waals surface area contributed by atoms with Crippen molar-refractivity contribution in [3.05, 3.63) is 48.2 Å². The lowest BCUT2D eigenvalue weighted by molar-refractivity contribution is 0.783. The number of nitrogens with two attached hydrogens (primary N) is 1. The van der Waals surface area contributed by atoms with Crippen molar-refractivity contribution in [1.29, 1.82) is 0 Å². The van der Waals surface area contributed by atoms with Gasteiger partial charge in [-0.1, -0.05) is 0 Å². The molecule has 0 fully saturated rings. The Labute approximate surface area is 111 Å². The summed E-state index contributed by atoms with van der Waals surface area (Å²) < 4.78 is 2.10. The SMILES string of the molecule is CCn1cc(Cc2ccncc2)c2c(N)ncnc21. The van der Waals surface area contributed by atoms with Crippen LogP contribution in [-0.2, 0) is 13.0 Å². The predicted octanol–water partition coefficient (Wildman–Crippen LogP) is 2.02. The average Bonchev–Trinajstić information content (AvgIpc) is 2.79. The Balaban J connectivity index is 2.13. The van der Waals surface area contributed by atoms with Crippen LogP contribution in [0.1, 0.15) is 18.1 Å². The highest BCUT2D eigenvalue weighted by Gasteiger charge is 2.12. The van der Waals surface area contributed by atoms with E-state index in [0.717, 1.165) is 29.6 Å². The minimum absolute atomic E-state index is 0.543. The first-order valence-corrected chi connectivity index (χ1v) is 6.26. The number of nitrogen functional groups attached to an aromatic ring is 1. The average molecular weight is 253 g/mol. The van der Waals surface area contributed by atoms with Gasteiger partial charge in [-0.3, -0.25) is 4.98 Å². The number of hydrogen-bond donors (Lipinski definition) is 1. The van der Waals surface area contributed by atoms with Crippen LogP contribution in [0.2, 0.25) is 0 Å². The molecule has 5 heteroatoms. The minimum atomic E-state index is 0.543. The molecule has 3 rings (SSSR count). The van der Waals surface area contributed by atoms with Crippen LogP contribution < -0.4 is 5.73 Å². The fourth-order valence-corrected chi connectivity index (χ4v) is 2.32. The smallest absolute Gasteiger partial charge is 0.145 e. The Bertz CT molecular complexity index is 702. The molecule has 3 aromatic heterocycles. The van der Waals surface area contributed by atoms with E-state index in [2.05, 4.69) is 32.6 Å². The van der Waals surface area contributed by atoms with Gasteiger partial charge >= 0.3 is 0 Å². The molecule has 5 nitrogen and oxygen atoms in total. The van der Waals surface area contributed by atoms with E-state index < -0.39 is 0 Å². The minimum Gasteiger partial charge on any atom is -0.383 e. The second-order valence-corrected chi connectivity index (χ2v) is 4.43. The first-order valence-electron chi connectivity index (χ1n) is 6.26. The quantitative estimate of drug-likeness (QED) is 0.775. The lowest BCUT2D eigenvalue weighted by Gasteiger charge is -2.01. The molecule has 0 atom stereocenters. The molecule has 0 radical (unpaired) electrons. The van der Waals surface area contributed by atoms with Gasteiger partial charge in [0.15, 0.2) is 0 Å². The Hall–Kier alpha value is -2.43. The van der Waals surface area contributed by atoms with Crippen LogP contribution >= 0.6 is 0 Å². The van der Waals surface area contributed by atoms with Gasteiger partial charge in [-0.05, 0) is 36.6 Å². The molecule has 0 bridgehead atoms. The maximum atomic E-state index is 6.00. The molecule has 0 aliphatic heterocycles. The van der Waals surface area contributed by atoms with Gasteiger partial charge in [0.25, 0.3) is 0 Å². The summed E-state index contributed by atoms with van der Waals surface area (Å²) in [5.41, 5.74) is 9.26. The number of hydrogen-bond acceptors (Lipinski definition) is 4. The van der Waals surface area contributed by atoms with E-state index in [0.29, 0.717) is 5.82 Å². The third-order valence-electron chi connectivity index (χ3n) is 3.25. The van der Waals surface area contributed by atoms with Crippen LogP contribution in [0.15, 0.2) is 37.1 Å². The van der Waals surface area contributed by atoms with Crippen LogP contribution in [0.3, 0.4) is 0 Å². The van der Waals surface area contributed by atoms with Crippen molar-refractivity contribution in [1.82, 2.24) is 19.5 Å². The van der Waals surface area contributed by atoms with E-state index in [1.807, 2.05) is 12.1 Å². The molecular formula is C14H15N5. The predicted molar refractivity (Wildman–Crippen MR) is 74.7 cm³/mol. The highest BCUT2D eigenvalue weighted by atomic mass is 15.1. The molecule has 3 aromatic rings. The molecule has 19 heavy (non-hydrogen) atoms. The van der Waals surface area contributed by atoms with Gasteiger partial charge < -0.3 is 10.3 Å². The van der Waals surface area contributed by atoms with Crippen LogP contribution in [0.5, 0.6) is 0 Å². The first-order chi connectivity index (χ1) is 9.29. The molecule has 0 saturated heterocycles. The summed E-state index contributed by atoms with van der Waals surface area (Å²) in [7, 11) is 0.